The number of anilines is 1. The molecule has 1 aliphatic rings. The van der Waals surface area contributed by atoms with E-state index in [0.717, 1.165) is 24.1 Å². The van der Waals surface area contributed by atoms with Crippen LogP contribution in [0.1, 0.15) is 18.4 Å². The lowest BCUT2D eigenvalue weighted by molar-refractivity contribution is 0.320. The zero-order valence-electron chi connectivity index (χ0n) is 12.3. The number of rotatable bonds is 3. The molecule has 0 bridgehead atoms. The summed E-state index contributed by atoms with van der Waals surface area (Å²) in [5.74, 6) is 0. The van der Waals surface area contributed by atoms with Gasteiger partial charge in [-0.25, -0.2) is 8.42 Å². The van der Waals surface area contributed by atoms with Crippen LogP contribution in [0.25, 0.3) is 0 Å². The van der Waals surface area contributed by atoms with Gasteiger partial charge in [-0.3, -0.25) is 0 Å². The quantitative estimate of drug-likeness (QED) is 0.909. The molecule has 0 saturated carbocycles. The molecule has 20 heavy (non-hydrogen) atoms. The van der Waals surface area contributed by atoms with E-state index in [2.05, 4.69) is 0 Å². The predicted octanol–water partition coefficient (Wildman–Crippen LogP) is 1.17. The lowest BCUT2D eigenvalue weighted by Crippen LogP contribution is -2.42. The Morgan fingerprint density at radius 1 is 1.25 bits per heavy atom. The summed E-state index contributed by atoms with van der Waals surface area (Å²) in [4.78, 5) is 2.29. The van der Waals surface area contributed by atoms with Crippen molar-refractivity contribution in [3.8, 4) is 0 Å². The van der Waals surface area contributed by atoms with Gasteiger partial charge in [0.15, 0.2) is 0 Å². The molecule has 0 aliphatic carbocycles. The van der Waals surface area contributed by atoms with Crippen molar-refractivity contribution in [3.63, 3.8) is 0 Å². The molecule has 1 aliphatic heterocycles. The van der Waals surface area contributed by atoms with E-state index >= 15 is 0 Å². The normalized spacial score (nSPS) is 18.2. The molecule has 0 amide bonds. The third-order valence-electron chi connectivity index (χ3n) is 3.80. The summed E-state index contributed by atoms with van der Waals surface area (Å²) in [7, 11) is 0.424. The summed E-state index contributed by atoms with van der Waals surface area (Å²) in [5.41, 5.74) is 7.83. The first-order valence-corrected chi connectivity index (χ1v) is 8.30. The minimum absolute atomic E-state index is 0.122. The second-order valence-electron chi connectivity index (χ2n) is 5.58. The molecule has 2 rings (SSSR count). The number of sulfonamides is 1. The third-order valence-corrected chi connectivity index (χ3v) is 5.69. The van der Waals surface area contributed by atoms with Crippen molar-refractivity contribution in [2.24, 2.45) is 5.73 Å². The van der Waals surface area contributed by atoms with Gasteiger partial charge >= 0.3 is 0 Å². The molecule has 1 aromatic rings. The molecule has 5 nitrogen and oxygen atoms in total. The monoisotopic (exact) mass is 297 g/mol. The first-order valence-electron chi connectivity index (χ1n) is 6.86. The second kappa shape index (κ2) is 5.71. The highest BCUT2D eigenvalue weighted by molar-refractivity contribution is 7.89. The Hall–Kier alpha value is -1.11. The molecule has 0 aromatic heterocycles. The van der Waals surface area contributed by atoms with E-state index in [-0.39, 0.29) is 6.04 Å². The highest BCUT2D eigenvalue weighted by Gasteiger charge is 2.28. The Balaban J connectivity index is 2.32. The van der Waals surface area contributed by atoms with E-state index in [4.69, 9.17) is 5.73 Å². The van der Waals surface area contributed by atoms with Crippen molar-refractivity contribution in [1.29, 1.82) is 0 Å². The number of nitrogens with zero attached hydrogens (tertiary/aromatic N) is 2. The fraction of sp³-hybridized carbons (Fsp3) is 0.571. The van der Waals surface area contributed by atoms with Crippen LogP contribution in [0.2, 0.25) is 0 Å². The van der Waals surface area contributed by atoms with E-state index in [1.54, 1.807) is 16.4 Å². The second-order valence-corrected chi connectivity index (χ2v) is 7.52. The Bertz CT molecular complexity index is 576. The summed E-state index contributed by atoms with van der Waals surface area (Å²) >= 11 is 0. The standard InChI is InChI=1S/C14H23N3O2S/c1-11-4-5-13(10-14(11)16(2)3)20(18,19)17-8-6-12(15)7-9-17/h4-5,10,12H,6-9,15H2,1-3H3. The third kappa shape index (κ3) is 2.97. The Kier molecular flexibility index (Phi) is 4.36. The minimum atomic E-state index is -3.41. The van der Waals surface area contributed by atoms with Crippen LogP contribution in [0.4, 0.5) is 5.69 Å². The molecular weight excluding hydrogens is 274 g/mol. The van der Waals surface area contributed by atoms with Gasteiger partial charge in [0, 0.05) is 38.9 Å². The van der Waals surface area contributed by atoms with Gasteiger partial charge in [-0.1, -0.05) is 6.07 Å². The van der Waals surface area contributed by atoms with Gasteiger partial charge in [-0.05, 0) is 37.5 Å². The predicted molar refractivity (Wildman–Crippen MR) is 81.5 cm³/mol. The molecule has 1 heterocycles. The fourth-order valence-corrected chi connectivity index (χ4v) is 3.99. The lowest BCUT2D eigenvalue weighted by atomic mass is 10.1. The van der Waals surface area contributed by atoms with Gasteiger partial charge in [0.25, 0.3) is 0 Å². The van der Waals surface area contributed by atoms with Gasteiger partial charge in [0.2, 0.25) is 10.0 Å². The summed E-state index contributed by atoms with van der Waals surface area (Å²) < 4.78 is 26.8. The van der Waals surface area contributed by atoms with Gasteiger partial charge in [0.05, 0.1) is 4.90 Å². The number of hydrogen-bond donors (Lipinski definition) is 1. The van der Waals surface area contributed by atoms with Crippen LogP contribution in [0.3, 0.4) is 0 Å². The number of piperidine rings is 1. The number of hydrogen-bond acceptors (Lipinski definition) is 4. The Morgan fingerprint density at radius 3 is 2.40 bits per heavy atom. The van der Waals surface area contributed by atoms with Crippen molar-refractivity contribution in [2.75, 3.05) is 32.1 Å². The lowest BCUT2D eigenvalue weighted by Gasteiger charge is -2.29. The summed E-state index contributed by atoms with van der Waals surface area (Å²) in [5, 5.41) is 0. The van der Waals surface area contributed by atoms with Crippen LogP contribution in [0.15, 0.2) is 23.1 Å². The average Bonchev–Trinajstić information content (AvgIpc) is 2.39. The maximum absolute atomic E-state index is 12.6. The van der Waals surface area contributed by atoms with E-state index in [9.17, 15) is 8.42 Å². The minimum Gasteiger partial charge on any atom is -0.377 e. The SMILES string of the molecule is Cc1ccc(S(=O)(=O)N2CCC(N)CC2)cc1N(C)C. The largest absolute Gasteiger partial charge is 0.377 e. The van der Waals surface area contributed by atoms with Crippen LogP contribution < -0.4 is 10.6 Å². The van der Waals surface area contributed by atoms with E-state index < -0.39 is 10.0 Å². The zero-order valence-corrected chi connectivity index (χ0v) is 13.2. The van der Waals surface area contributed by atoms with Crippen LogP contribution in [0.5, 0.6) is 0 Å². The van der Waals surface area contributed by atoms with Crippen molar-refractivity contribution in [2.45, 2.75) is 30.7 Å². The molecule has 0 radical (unpaired) electrons. The number of nitrogens with two attached hydrogens (primary N) is 1. The van der Waals surface area contributed by atoms with E-state index in [1.165, 1.54) is 0 Å². The molecule has 2 N–H and O–H groups in total. The van der Waals surface area contributed by atoms with Crippen molar-refractivity contribution < 1.29 is 8.42 Å². The molecule has 0 atom stereocenters. The summed E-state index contributed by atoms with van der Waals surface area (Å²) in [6.07, 6.45) is 1.46. The van der Waals surface area contributed by atoms with Crippen molar-refractivity contribution in [1.82, 2.24) is 4.31 Å². The highest BCUT2D eigenvalue weighted by Crippen LogP contribution is 2.26. The molecule has 1 aromatic carbocycles. The highest BCUT2D eigenvalue weighted by atomic mass is 32.2. The molecule has 1 fully saturated rings. The zero-order chi connectivity index (χ0) is 14.9. The van der Waals surface area contributed by atoms with Gasteiger partial charge < -0.3 is 10.6 Å². The summed E-state index contributed by atoms with van der Waals surface area (Å²) in [6, 6.07) is 5.42. The van der Waals surface area contributed by atoms with Crippen molar-refractivity contribution >= 4 is 15.7 Å². The first kappa shape index (κ1) is 15.3. The topological polar surface area (TPSA) is 66.6 Å². The summed E-state index contributed by atoms with van der Waals surface area (Å²) in [6.45, 7) is 3.00. The first-order chi connectivity index (χ1) is 9.32. The Labute approximate surface area is 121 Å². The van der Waals surface area contributed by atoms with Crippen LogP contribution in [0, 0.1) is 6.92 Å². The van der Waals surface area contributed by atoms with Crippen LogP contribution >= 0.6 is 0 Å². The molecule has 0 unspecified atom stereocenters. The maximum Gasteiger partial charge on any atom is 0.243 e. The Morgan fingerprint density at radius 2 is 1.85 bits per heavy atom. The smallest absolute Gasteiger partial charge is 0.243 e. The number of benzene rings is 1. The van der Waals surface area contributed by atoms with Gasteiger partial charge in [0.1, 0.15) is 0 Å². The molecule has 112 valence electrons. The fourth-order valence-electron chi connectivity index (χ4n) is 2.50. The molecular formula is C14H23N3O2S. The van der Waals surface area contributed by atoms with Gasteiger partial charge in [-0.2, -0.15) is 4.31 Å². The van der Waals surface area contributed by atoms with Crippen LogP contribution in [-0.2, 0) is 10.0 Å². The van der Waals surface area contributed by atoms with Crippen molar-refractivity contribution in [3.05, 3.63) is 23.8 Å². The molecule has 6 heteroatoms. The average molecular weight is 297 g/mol. The molecule has 0 spiro atoms. The number of aryl methyl sites for hydroxylation is 1. The van der Waals surface area contributed by atoms with Gasteiger partial charge in [-0.15, -0.1) is 0 Å². The van der Waals surface area contributed by atoms with E-state index in [0.29, 0.717) is 18.0 Å². The van der Waals surface area contributed by atoms with Crippen LogP contribution in [-0.4, -0.2) is 45.9 Å². The molecule has 1 saturated heterocycles. The maximum atomic E-state index is 12.6. The van der Waals surface area contributed by atoms with E-state index in [1.807, 2.05) is 32.0 Å².